The lowest BCUT2D eigenvalue weighted by Gasteiger charge is -2.51. The van der Waals surface area contributed by atoms with Gasteiger partial charge in [0.25, 0.3) is 0 Å². The summed E-state index contributed by atoms with van der Waals surface area (Å²) in [4.78, 5) is 0. The number of methoxy groups -OCH3 is 1. The van der Waals surface area contributed by atoms with E-state index in [2.05, 4.69) is 26.1 Å². The number of hydrogen-bond donors (Lipinski definition) is 2. The number of nitrogens with one attached hydrogen (secondary N) is 1. The van der Waals surface area contributed by atoms with Crippen LogP contribution in [0.25, 0.3) is 0 Å². The molecule has 0 spiro atoms. The summed E-state index contributed by atoms with van der Waals surface area (Å²) in [5.74, 6) is 0.655. The van der Waals surface area contributed by atoms with Crippen LogP contribution in [0.3, 0.4) is 0 Å². The Balaban J connectivity index is 2.11. The molecule has 0 aromatic heterocycles. The van der Waals surface area contributed by atoms with Crippen molar-refractivity contribution in [3.63, 3.8) is 0 Å². The zero-order valence-corrected chi connectivity index (χ0v) is 11.3. The predicted molar refractivity (Wildman–Crippen MR) is 68.4 cm³/mol. The molecule has 1 aliphatic rings. The molecule has 0 bridgehead atoms. The standard InChI is InChI=1S/C13H28N2O/c1-10(9-14)6-5-7-15-11-8-12(16-4)13(11,2)3/h10-12,15H,5-9,14H2,1-4H3. The number of ether oxygens (including phenoxy) is 1. The molecule has 3 nitrogen and oxygen atoms in total. The molecule has 0 aliphatic heterocycles. The van der Waals surface area contributed by atoms with Crippen LogP contribution in [0.1, 0.15) is 40.0 Å². The van der Waals surface area contributed by atoms with E-state index in [1.165, 1.54) is 12.8 Å². The molecular formula is C13H28N2O. The topological polar surface area (TPSA) is 47.3 Å². The van der Waals surface area contributed by atoms with Gasteiger partial charge in [-0.2, -0.15) is 0 Å². The van der Waals surface area contributed by atoms with Gasteiger partial charge in [0.1, 0.15) is 0 Å². The molecule has 0 aromatic carbocycles. The highest BCUT2D eigenvalue weighted by Crippen LogP contribution is 2.42. The van der Waals surface area contributed by atoms with Crippen molar-refractivity contribution in [3.05, 3.63) is 0 Å². The maximum Gasteiger partial charge on any atom is 0.0652 e. The molecule has 16 heavy (non-hydrogen) atoms. The third-order valence-electron chi connectivity index (χ3n) is 4.13. The van der Waals surface area contributed by atoms with Crippen molar-refractivity contribution in [2.45, 2.75) is 52.2 Å². The van der Waals surface area contributed by atoms with Crippen LogP contribution in [-0.4, -0.2) is 32.3 Å². The second-order valence-electron chi connectivity index (χ2n) is 5.77. The molecule has 0 amide bonds. The Morgan fingerprint density at radius 2 is 2.19 bits per heavy atom. The fourth-order valence-corrected chi connectivity index (χ4v) is 2.48. The predicted octanol–water partition coefficient (Wildman–Crippen LogP) is 1.76. The second-order valence-corrected chi connectivity index (χ2v) is 5.77. The van der Waals surface area contributed by atoms with Gasteiger partial charge in [-0.05, 0) is 38.3 Å². The Bertz CT molecular complexity index is 206. The van der Waals surface area contributed by atoms with Gasteiger partial charge in [-0.1, -0.05) is 20.8 Å². The molecule has 1 fully saturated rings. The fraction of sp³-hybridized carbons (Fsp3) is 1.00. The van der Waals surface area contributed by atoms with Crippen molar-refractivity contribution in [1.29, 1.82) is 0 Å². The average Bonchev–Trinajstić information content (AvgIpc) is 2.26. The van der Waals surface area contributed by atoms with Crippen molar-refractivity contribution >= 4 is 0 Å². The first kappa shape index (κ1) is 13.9. The van der Waals surface area contributed by atoms with Gasteiger partial charge in [0.15, 0.2) is 0 Å². The first-order valence-corrected chi connectivity index (χ1v) is 6.48. The summed E-state index contributed by atoms with van der Waals surface area (Å²) in [6.07, 6.45) is 4.02. The SMILES string of the molecule is COC1CC(NCCCC(C)CN)C1(C)C. The van der Waals surface area contributed by atoms with Gasteiger partial charge in [0.05, 0.1) is 6.10 Å². The number of nitrogens with two attached hydrogens (primary N) is 1. The molecular weight excluding hydrogens is 200 g/mol. The maximum absolute atomic E-state index is 5.59. The highest BCUT2D eigenvalue weighted by molar-refractivity contribution is 5.02. The van der Waals surface area contributed by atoms with Gasteiger partial charge >= 0.3 is 0 Å². The van der Waals surface area contributed by atoms with E-state index in [4.69, 9.17) is 10.5 Å². The third-order valence-corrected chi connectivity index (χ3v) is 4.13. The zero-order valence-electron chi connectivity index (χ0n) is 11.3. The van der Waals surface area contributed by atoms with Crippen LogP contribution in [-0.2, 0) is 4.74 Å². The largest absolute Gasteiger partial charge is 0.381 e. The van der Waals surface area contributed by atoms with Gasteiger partial charge in [0.2, 0.25) is 0 Å². The normalized spacial score (nSPS) is 29.8. The van der Waals surface area contributed by atoms with Gasteiger partial charge in [-0.3, -0.25) is 0 Å². The quantitative estimate of drug-likeness (QED) is 0.653. The van der Waals surface area contributed by atoms with Gasteiger partial charge in [-0.15, -0.1) is 0 Å². The van der Waals surface area contributed by atoms with Crippen LogP contribution in [0.2, 0.25) is 0 Å². The monoisotopic (exact) mass is 228 g/mol. The molecule has 96 valence electrons. The molecule has 0 saturated heterocycles. The highest BCUT2D eigenvalue weighted by atomic mass is 16.5. The number of hydrogen-bond acceptors (Lipinski definition) is 3. The summed E-state index contributed by atoms with van der Waals surface area (Å²) < 4.78 is 5.44. The molecule has 3 heteroatoms. The molecule has 1 saturated carbocycles. The molecule has 1 rings (SSSR count). The van der Waals surface area contributed by atoms with Crippen molar-refractivity contribution in [1.82, 2.24) is 5.32 Å². The second kappa shape index (κ2) is 5.99. The van der Waals surface area contributed by atoms with E-state index in [9.17, 15) is 0 Å². The lowest BCUT2D eigenvalue weighted by molar-refractivity contribution is -0.0973. The highest BCUT2D eigenvalue weighted by Gasteiger charge is 2.47. The summed E-state index contributed by atoms with van der Waals surface area (Å²) in [6, 6.07) is 0.616. The lowest BCUT2D eigenvalue weighted by Crippen LogP contribution is -2.60. The van der Waals surface area contributed by atoms with Crippen molar-refractivity contribution in [2.24, 2.45) is 17.1 Å². The van der Waals surface area contributed by atoms with E-state index >= 15 is 0 Å². The molecule has 3 N–H and O–H groups in total. The molecule has 0 aromatic rings. The Morgan fingerprint density at radius 3 is 2.69 bits per heavy atom. The minimum atomic E-state index is 0.286. The minimum Gasteiger partial charge on any atom is -0.381 e. The third kappa shape index (κ3) is 3.19. The smallest absolute Gasteiger partial charge is 0.0652 e. The van der Waals surface area contributed by atoms with E-state index in [-0.39, 0.29) is 5.41 Å². The average molecular weight is 228 g/mol. The van der Waals surface area contributed by atoms with Crippen LogP contribution < -0.4 is 11.1 Å². The lowest BCUT2D eigenvalue weighted by atomic mass is 9.64. The molecule has 0 radical (unpaired) electrons. The Labute approximate surface area is 100 Å². The van der Waals surface area contributed by atoms with Gasteiger partial charge < -0.3 is 15.8 Å². The Morgan fingerprint density at radius 1 is 1.50 bits per heavy atom. The van der Waals surface area contributed by atoms with E-state index in [1.54, 1.807) is 0 Å². The van der Waals surface area contributed by atoms with Gasteiger partial charge in [0, 0.05) is 18.6 Å². The summed E-state index contributed by atoms with van der Waals surface area (Å²) in [5, 5.41) is 3.63. The van der Waals surface area contributed by atoms with E-state index in [1.807, 2.05) is 7.11 Å². The summed E-state index contributed by atoms with van der Waals surface area (Å²) in [6.45, 7) is 8.69. The van der Waals surface area contributed by atoms with Crippen LogP contribution in [0.4, 0.5) is 0 Å². The molecule has 3 atom stereocenters. The summed E-state index contributed by atoms with van der Waals surface area (Å²) in [7, 11) is 1.81. The van der Waals surface area contributed by atoms with Gasteiger partial charge in [-0.25, -0.2) is 0 Å². The van der Waals surface area contributed by atoms with Crippen LogP contribution in [0.15, 0.2) is 0 Å². The fourth-order valence-electron chi connectivity index (χ4n) is 2.48. The Kier molecular flexibility index (Phi) is 5.22. The van der Waals surface area contributed by atoms with E-state index in [0.717, 1.165) is 19.5 Å². The first-order chi connectivity index (χ1) is 7.52. The van der Waals surface area contributed by atoms with Crippen molar-refractivity contribution < 1.29 is 4.74 Å². The Hall–Kier alpha value is -0.120. The summed E-state index contributed by atoms with van der Waals surface area (Å²) in [5.41, 5.74) is 5.88. The van der Waals surface area contributed by atoms with Crippen LogP contribution >= 0.6 is 0 Å². The van der Waals surface area contributed by atoms with Crippen LogP contribution in [0, 0.1) is 11.3 Å². The summed E-state index contributed by atoms with van der Waals surface area (Å²) >= 11 is 0. The zero-order chi connectivity index (χ0) is 12.2. The van der Waals surface area contributed by atoms with Crippen molar-refractivity contribution in [2.75, 3.05) is 20.2 Å². The minimum absolute atomic E-state index is 0.286. The van der Waals surface area contributed by atoms with E-state index < -0.39 is 0 Å². The van der Waals surface area contributed by atoms with E-state index in [0.29, 0.717) is 18.1 Å². The first-order valence-electron chi connectivity index (χ1n) is 6.48. The molecule has 0 heterocycles. The maximum atomic E-state index is 5.59. The molecule has 3 unspecified atom stereocenters. The van der Waals surface area contributed by atoms with Crippen LogP contribution in [0.5, 0.6) is 0 Å². The number of rotatable bonds is 7. The molecule has 1 aliphatic carbocycles. The van der Waals surface area contributed by atoms with Crippen molar-refractivity contribution in [3.8, 4) is 0 Å².